The number of carbonyl (C=O) groups is 2. The molecule has 0 aromatic carbocycles. The molecule has 0 amide bonds. The van der Waals surface area contributed by atoms with Gasteiger partial charge in [0.15, 0.2) is 5.78 Å². The summed E-state index contributed by atoms with van der Waals surface area (Å²) in [5, 5.41) is 50.7. The van der Waals surface area contributed by atoms with Crippen molar-refractivity contribution in [3.05, 3.63) is 0 Å². The Hall–Kier alpha value is -1.10. The quantitative estimate of drug-likeness (QED) is 0.246. The van der Waals surface area contributed by atoms with Crippen molar-refractivity contribution >= 4 is 11.8 Å². The lowest BCUT2D eigenvalue weighted by Crippen LogP contribution is -2.44. The molecule has 3 unspecified atom stereocenters. The van der Waals surface area contributed by atoms with Crippen LogP contribution in [0.3, 0.4) is 0 Å². The van der Waals surface area contributed by atoms with Gasteiger partial charge in [-0.3, -0.25) is 9.59 Å². The van der Waals surface area contributed by atoms with Crippen molar-refractivity contribution in [2.24, 2.45) is 5.73 Å². The largest absolute Gasteiger partial charge is 0.480 e. The highest BCUT2D eigenvalue weighted by atomic mass is 16.4. The summed E-state index contributed by atoms with van der Waals surface area (Å²) in [5.74, 6) is -1.97. The fourth-order valence-corrected chi connectivity index (χ4v) is 0.602. The average molecular weight is 255 g/mol. The van der Waals surface area contributed by atoms with Crippen LogP contribution in [-0.2, 0) is 9.59 Å². The summed E-state index contributed by atoms with van der Waals surface area (Å²) in [4.78, 5) is 19.8. The Balaban J connectivity index is 0. The smallest absolute Gasteiger partial charge is 0.317 e. The van der Waals surface area contributed by atoms with E-state index in [0.29, 0.717) is 0 Å². The zero-order valence-corrected chi connectivity index (χ0v) is 8.93. The third-order valence-electron chi connectivity index (χ3n) is 1.57. The molecule has 0 aliphatic heterocycles. The maximum absolute atomic E-state index is 10.5. The van der Waals surface area contributed by atoms with Crippen LogP contribution in [0.25, 0.3) is 0 Å². The Bertz CT molecular complexity index is 234. The van der Waals surface area contributed by atoms with Crippen molar-refractivity contribution in [3.63, 3.8) is 0 Å². The van der Waals surface area contributed by atoms with E-state index in [-0.39, 0.29) is 6.54 Å². The van der Waals surface area contributed by atoms with Crippen molar-refractivity contribution in [2.45, 2.75) is 18.3 Å². The van der Waals surface area contributed by atoms with E-state index in [2.05, 4.69) is 5.73 Å². The van der Waals surface area contributed by atoms with Gasteiger partial charge in [-0.05, 0) is 0 Å². The van der Waals surface area contributed by atoms with Gasteiger partial charge in [-0.25, -0.2) is 0 Å². The van der Waals surface area contributed by atoms with Gasteiger partial charge in [-0.15, -0.1) is 0 Å². The first kappa shape index (κ1) is 18.3. The number of aliphatic hydroxyl groups is 5. The number of hydrogen-bond donors (Lipinski definition) is 7. The van der Waals surface area contributed by atoms with E-state index < -0.39 is 43.3 Å². The molecule has 8 N–H and O–H groups in total. The molecule has 0 rings (SSSR count). The third kappa shape index (κ3) is 8.68. The Kier molecular flexibility index (Phi) is 10.8. The predicted octanol–water partition coefficient (Wildman–Crippen LogP) is -4.35. The fourth-order valence-electron chi connectivity index (χ4n) is 0.602. The van der Waals surface area contributed by atoms with E-state index in [1.54, 1.807) is 0 Å². The SMILES string of the molecule is NCC(=O)O.O=C(CO)C(O)C(O)C(O)CO. The van der Waals surface area contributed by atoms with Gasteiger partial charge in [0.2, 0.25) is 0 Å². The zero-order valence-electron chi connectivity index (χ0n) is 8.93. The average Bonchev–Trinajstić information content (AvgIpc) is 2.35. The van der Waals surface area contributed by atoms with E-state index in [9.17, 15) is 9.59 Å². The number of Topliss-reactive ketones (excluding diaryl/α,β-unsaturated/α-hetero) is 1. The van der Waals surface area contributed by atoms with Gasteiger partial charge in [0, 0.05) is 0 Å². The molecule has 0 radical (unpaired) electrons. The first-order valence-corrected chi connectivity index (χ1v) is 4.52. The van der Waals surface area contributed by atoms with Crippen LogP contribution in [0.15, 0.2) is 0 Å². The number of aliphatic hydroxyl groups excluding tert-OH is 5. The fraction of sp³-hybridized carbons (Fsp3) is 0.750. The van der Waals surface area contributed by atoms with Crippen molar-refractivity contribution in [2.75, 3.05) is 19.8 Å². The second kappa shape index (κ2) is 10.1. The van der Waals surface area contributed by atoms with Gasteiger partial charge in [0.25, 0.3) is 0 Å². The van der Waals surface area contributed by atoms with E-state index in [0.717, 1.165) is 0 Å². The number of carboxylic acids is 1. The van der Waals surface area contributed by atoms with Gasteiger partial charge in [0.05, 0.1) is 13.2 Å². The highest BCUT2D eigenvalue weighted by molar-refractivity contribution is 5.84. The van der Waals surface area contributed by atoms with Gasteiger partial charge in [0.1, 0.15) is 24.9 Å². The molecule has 102 valence electrons. The second-order valence-electron chi connectivity index (χ2n) is 2.91. The molecular weight excluding hydrogens is 238 g/mol. The van der Waals surface area contributed by atoms with Crippen LogP contribution in [0.5, 0.6) is 0 Å². The minimum absolute atomic E-state index is 0.278. The molecule has 0 heterocycles. The van der Waals surface area contributed by atoms with Crippen LogP contribution in [-0.4, -0.2) is 80.5 Å². The van der Waals surface area contributed by atoms with Crippen molar-refractivity contribution in [1.82, 2.24) is 0 Å². The molecule has 0 bridgehead atoms. The molecule has 9 heteroatoms. The standard InChI is InChI=1S/C6H12O6.C2H5NO2/c7-1-3(9)5(11)6(12)4(10)2-8;3-1-2(4)5/h3,5-9,11-12H,1-2H2;1,3H2,(H,4,5). The molecule has 0 aromatic rings. The normalized spacial score (nSPS) is 15.2. The number of hydrogen-bond acceptors (Lipinski definition) is 8. The van der Waals surface area contributed by atoms with Crippen LogP contribution in [0.1, 0.15) is 0 Å². The molecular formula is C8H17NO8. The van der Waals surface area contributed by atoms with E-state index in [1.165, 1.54) is 0 Å². The van der Waals surface area contributed by atoms with E-state index in [1.807, 2.05) is 0 Å². The summed E-state index contributed by atoms with van der Waals surface area (Å²) in [6.07, 6.45) is -5.22. The molecule has 0 fully saturated rings. The Morgan fingerprint density at radius 3 is 1.76 bits per heavy atom. The Morgan fingerprint density at radius 2 is 1.53 bits per heavy atom. The maximum Gasteiger partial charge on any atom is 0.317 e. The van der Waals surface area contributed by atoms with E-state index >= 15 is 0 Å². The lowest BCUT2D eigenvalue weighted by molar-refractivity contribution is -0.142. The summed E-state index contributed by atoms with van der Waals surface area (Å²) in [5.41, 5.74) is 4.57. The van der Waals surface area contributed by atoms with Crippen LogP contribution in [0.2, 0.25) is 0 Å². The van der Waals surface area contributed by atoms with Crippen molar-refractivity contribution in [1.29, 1.82) is 0 Å². The van der Waals surface area contributed by atoms with Gasteiger partial charge in [-0.1, -0.05) is 0 Å². The van der Waals surface area contributed by atoms with Gasteiger partial charge < -0.3 is 36.4 Å². The highest BCUT2D eigenvalue weighted by Gasteiger charge is 2.28. The zero-order chi connectivity index (χ0) is 14.0. The molecule has 0 saturated heterocycles. The molecule has 0 spiro atoms. The van der Waals surface area contributed by atoms with Crippen LogP contribution in [0.4, 0.5) is 0 Å². The van der Waals surface area contributed by atoms with E-state index in [4.69, 9.17) is 30.6 Å². The summed E-state index contributed by atoms with van der Waals surface area (Å²) < 4.78 is 0. The van der Waals surface area contributed by atoms with Crippen molar-refractivity contribution in [3.8, 4) is 0 Å². The molecule has 9 nitrogen and oxygen atoms in total. The first-order valence-electron chi connectivity index (χ1n) is 4.52. The van der Waals surface area contributed by atoms with Crippen LogP contribution in [0, 0.1) is 0 Å². The molecule has 0 saturated carbocycles. The maximum atomic E-state index is 10.5. The monoisotopic (exact) mass is 255 g/mol. The van der Waals surface area contributed by atoms with Crippen LogP contribution >= 0.6 is 0 Å². The second-order valence-corrected chi connectivity index (χ2v) is 2.91. The summed E-state index contributed by atoms with van der Waals surface area (Å²) in [6.45, 7) is -1.96. The van der Waals surface area contributed by atoms with Gasteiger partial charge in [-0.2, -0.15) is 0 Å². The molecule has 0 aliphatic rings. The molecule has 17 heavy (non-hydrogen) atoms. The predicted molar refractivity (Wildman–Crippen MR) is 53.9 cm³/mol. The topological polar surface area (TPSA) is 182 Å². The number of ketones is 1. The third-order valence-corrected chi connectivity index (χ3v) is 1.57. The molecule has 0 aromatic heterocycles. The number of carbonyl (C=O) groups excluding carboxylic acids is 1. The summed E-state index contributed by atoms with van der Waals surface area (Å²) in [7, 11) is 0. The van der Waals surface area contributed by atoms with Crippen molar-refractivity contribution < 1.29 is 40.2 Å². The lowest BCUT2D eigenvalue weighted by Gasteiger charge is -2.19. The molecule has 3 atom stereocenters. The first-order chi connectivity index (χ1) is 7.81. The highest BCUT2D eigenvalue weighted by Crippen LogP contribution is 2.00. The lowest BCUT2D eigenvalue weighted by atomic mass is 10.1. The number of rotatable bonds is 6. The van der Waals surface area contributed by atoms with Crippen LogP contribution < -0.4 is 5.73 Å². The number of carboxylic acid groups (broad SMARTS) is 1. The Labute approximate surface area is 96.7 Å². The minimum Gasteiger partial charge on any atom is -0.480 e. The van der Waals surface area contributed by atoms with Gasteiger partial charge >= 0.3 is 5.97 Å². The molecule has 0 aliphatic carbocycles. The summed E-state index contributed by atoms with van der Waals surface area (Å²) in [6, 6.07) is 0. The number of aliphatic carboxylic acids is 1. The Morgan fingerprint density at radius 1 is 1.12 bits per heavy atom. The number of nitrogens with two attached hydrogens (primary N) is 1. The minimum atomic E-state index is -1.86. The summed E-state index contributed by atoms with van der Waals surface area (Å²) >= 11 is 0.